The number of ether oxygens (including phenoxy) is 4. The number of rotatable bonds is 10. The van der Waals surface area contributed by atoms with Gasteiger partial charge in [-0.2, -0.15) is 0 Å². The highest BCUT2D eigenvalue weighted by molar-refractivity contribution is 5.91. The van der Waals surface area contributed by atoms with E-state index in [9.17, 15) is 9.70 Å². The molecular formula is C21H26N2O6. The summed E-state index contributed by atoms with van der Waals surface area (Å²) in [5.41, 5.74) is -1.02. The molecule has 0 aliphatic rings. The molecule has 2 rings (SSSR count). The summed E-state index contributed by atoms with van der Waals surface area (Å²) in [6, 6.07) is 10.3. The van der Waals surface area contributed by atoms with Crippen LogP contribution in [-0.4, -0.2) is 45.7 Å². The number of benzene rings is 2. The molecule has 1 atom stereocenters. The smallest absolute Gasteiger partial charge is 0.338 e. The molecule has 0 saturated heterocycles. The minimum Gasteiger partial charge on any atom is -0.493 e. The number of hydrogen-bond donors (Lipinski definition) is 0. The maximum absolute atomic E-state index is 13.1. The molecular weight excluding hydrogens is 376 g/mol. The van der Waals surface area contributed by atoms with Crippen LogP contribution < -0.4 is 14.2 Å². The SMILES string of the molecule is [2H]C([2H])([2H])Oc1cc(C(=O)OCC(CC)(c2ccccc2)N(C)N=O)cc(OC([2H])([2H])[2H])c1OC([2H])([2H])[2H]. The summed E-state index contributed by atoms with van der Waals surface area (Å²) in [5, 5.41) is 4.06. The first-order chi connectivity index (χ1) is 17.4. The van der Waals surface area contributed by atoms with Crippen molar-refractivity contribution in [1.29, 1.82) is 0 Å². The molecule has 0 spiro atoms. The average molecular weight is 412 g/mol. The standard InChI is InChI=1S/C21H26N2O6/c1-6-21(23(2)22-25,16-10-8-7-9-11-16)14-29-20(24)15-12-17(26-3)19(28-5)18(13-15)27-4/h7-13H,6,14H2,1-5H3/i3D3,4D3,5D3. The Labute approximate surface area is 182 Å². The van der Waals surface area contributed by atoms with E-state index >= 15 is 0 Å². The summed E-state index contributed by atoms with van der Waals surface area (Å²) in [6.45, 7) is 1.35. The molecule has 156 valence electrons. The van der Waals surface area contributed by atoms with Gasteiger partial charge in [0.15, 0.2) is 11.5 Å². The highest BCUT2D eigenvalue weighted by Gasteiger charge is 2.37. The van der Waals surface area contributed by atoms with Gasteiger partial charge in [-0.15, -0.1) is 4.91 Å². The third-order valence-electron chi connectivity index (χ3n) is 4.66. The van der Waals surface area contributed by atoms with Crippen LogP contribution in [0.5, 0.6) is 17.2 Å². The zero-order valence-corrected chi connectivity index (χ0v) is 15.8. The number of likely N-dealkylation sites (N-methyl/N-ethyl adjacent to an activating group) is 1. The normalized spacial score (nSPS) is 18.3. The highest BCUT2D eigenvalue weighted by Crippen LogP contribution is 2.39. The Morgan fingerprint density at radius 2 is 1.72 bits per heavy atom. The fraction of sp³-hybridized carbons (Fsp3) is 0.381. The summed E-state index contributed by atoms with van der Waals surface area (Å²) in [4.78, 5) is 24.5. The van der Waals surface area contributed by atoms with E-state index in [1.165, 1.54) is 7.05 Å². The van der Waals surface area contributed by atoms with Crippen LogP contribution in [0.1, 0.15) is 41.6 Å². The quantitative estimate of drug-likeness (QED) is 0.334. The van der Waals surface area contributed by atoms with Crippen molar-refractivity contribution in [3.63, 3.8) is 0 Å². The van der Waals surface area contributed by atoms with E-state index in [2.05, 4.69) is 5.29 Å². The van der Waals surface area contributed by atoms with E-state index in [4.69, 9.17) is 31.3 Å². The van der Waals surface area contributed by atoms with Gasteiger partial charge < -0.3 is 18.9 Å². The molecule has 0 fully saturated rings. The van der Waals surface area contributed by atoms with Gasteiger partial charge in [-0.25, -0.2) is 9.80 Å². The monoisotopic (exact) mass is 411 g/mol. The van der Waals surface area contributed by atoms with Gasteiger partial charge in [0, 0.05) is 7.05 Å². The highest BCUT2D eigenvalue weighted by atomic mass is 16.5. The third kappa shape index (κ3) is 4.42. The van der Waals surface area contributed by atoms with Crippen molar-refractivity contribution >= 4 is 5.97 Å². The number of carbonyl (C=O) groups is 1. The lowest BCUT2D eigenvalue weighted by molar-refractivity contribution is 0.00393. The summed E-state index contributed by atoms with van der Waals surface area (Å²) in [5.74, 6) is -3.56. The molecule has 8 nitrogen and oxygen atoms in total. The minimum atomic E-state index is -3.16. The van der Waals surface area contributed by atoms with Crippen LogP contribution in [0.4, 0.5) is 0 Å². The van der Waals surface area contributed by atoms with Gasteiger partial charge in [0.25, 0.3) is 0 Å². The summed E-state index contributed by atoms with van der Waals surface area (Å²) < 4.78 is 86.1. The predicted octanol–water partition coefficient (Wildman–Crippen LogP) is 3.79. The molecule has 0 bridgehead atoms. The first-order valence-electron chi connectivity index (χ1n) is 13.0. The van der Waals surface area contributed by atoms with E-state index < -0.39 is 62.0 Å². The topological polar surface area (TPSA) is 86.7 Å². The van der Waals surface area contributed by atoms with Gasteiger partial charge >= 0.3 is 5.97 Å². The Hall–Kier alpha value is -3.29. The maximum atomic E-state index is 13.1. The van der Waals surface area contributed by atoms with E-state index in [0.29, 0.717) is 5.56 Å². The molecule has 0 N–H and O–H groups in total. The number of nitroso groups, excluding NO2 is 1. The Kier molecular flexibility index (Phi) is 4.15. The lowest BCUT2D eigenvalue weighted by atomic mass is 9.87. The molecule has 0 aliphatic carbocycles. The predicted molar refractivity (Wildman–Crippen MR) is 108 cm³/mol. The summed E-state index contributed by atoms with van der Waals surface area (Å²) in [6.07, 6.45) is 0.277. The van der Waals surface area contributed by atoms with Crippen LogP contribution in [0.2, 0.25) is 0 Å². The van der Waals surface area contributed by atoms with Gasteiger partial charge in [0.1, 0.15) is 12.1 Å². The van der Waals surface area contributed by atoms with Crippen molar-refractivity contribution in [3.8, 4) is 17.2 Å². The van der Waals surface area contributed by atoms with Crippen molar-refractivity contribution in [2.24, 2.45) is 5.29 Å². The fourth-order valence-corrected chi connectivity index (χ4v) is 2.94. The van der Waals surface area contributed by atoms with Crippen molar-refractivity contribution < 1.29 is 36.1 Å². The first kappa shape index (κ1) is 12.3. The van der Waals surface area contributed by atoms with E-state index in [1.54, 1.807) is 37.3 Å². The fourth-order valence-electron chi connectivity index (χ4n) is 2.94. The maximum Gasteiger partial charge on any atom is 0.338 e. The van der Waals surface area contributed by atoms with E-state index in [-0.39, 0.29) is 6.42 Å². The molecule has 8 heteroatoms. The summed E-state index contributed by atoms with van der Waals surface area (Å²) in [7, 11) is -8.04. The Morgan fingerprint density at radius 3 is 2.24 bits per heavy atom. The van der Waals surface area contributed by atoms with Gasteiger partial charge in [-0.05, 0) is 24.1 Å². The third-order valence-corrected chi connectivity index (χ3v) is 4.66. The van der Waals surface area contributed by atoms with Crippen LogP contribution in [-0.2, 0) is 10.3 Å². The van der Waals surface area contributed by atoms with Crippen molar-refractivity contribution in [3.05, 3.63) is 58.5 Å². The van der Waals surface area contributed by atoms with Crippen molar-refractivity contribution in [1.82, 2.24) is 5.01 Å². The molecule has 0 heterocycles. The Balaban J connectivity index is 2.57. The average Bonchev–Trinajstić information content (AvgIpc) is 2.79. The van der Waals surface area contributed by atoms with Gasteiger partial charge in [-0.3, -0.25) is 0 Å². The Bertz CT molecular complexity index is 1090. The second-order valence-electron chi connectivity index (χ2n) is 6.04. The second-order valence-corrected chi connectivity index (χ2v) is 6.04. The molecule has 1 unspecified atom stereocenters. The lowest BCUT2D eigenvalue weighted by Gasteiger charge is -2.37. The molecule has 0 aromatic heterocycles. The molecule has 2 aromatic carbocycles. The number of hydrogen-bond acceptors (Lipinski definition) is 7. The van der Waals surface area contributed by atoms with E-state index in [1.807, 2.05) is 0 Å². The lowest BCUT2D eigenvalue weighted by Crippen LogP contribution is -2.44. The number of nitrogens with zero attached hydrogens (tertiary/aromatic N) is 2. The Morgan fingerprint density at radius 1 is 1.10 bits per heavy atom. The zero-order chi connectivity index (χ0) is 28.9. The molecule has 0 aliphatic heterocycles. The van der Waals surface area contributed by atoms with Gasteiger partial charge in [0.2, 0.25) is 5.75 Å². The van der Waals surface area contributed by atoms with Crippen LogP contribution in [0.3, 0.4) is 0 Å². The molecule has 0 saturated carbocycles. The molecule has 0 amide bonds. The second kappa shape index (κ2) is 9.77. The number of esters is 1. The molecule has 29 heavy (non-hydrogen) atoms. The minimum absolute atomic E-state index is 0.277. The molecule has 2 aromatic rings. The van der Waals surface area contributed by atoms with Crippen LogP contribution >= 0.6 is 0 Å². The first-order valence-corrected chi connectivity index (χ1v) is 8.45. The van der Waals surface area contributed by atoms with Crippen molar-refractivity contribution in [2.45, 2.75) is 18.9 Å². The zero-order valence-electron chi connectivity index (χ0n) is 24.8. The van der Waals surface area contributed by atoms with Crippen LogP contribution in [0.15, 0.2) is 47.8 Å². The van der Waals surface area contributed by atoms with Crippen LogP contribution in [0, 0.1) is 4.91 Å². The largest absolute Gasteiger partial charge is 0.493 e. The van der Waals surface area contributed by atoms with Gasteiger partial charge in [0.05, 0.1) is 44.3 Å². The number of carbonyl (C=O) groups excluding carboxylic acids is 1. The number of methoxy groups -OCH3 is 3. The summed E-state index contributed by atoms with van der Waals surface area (Å²) >= 11 is 0. The van der Waals surface area contributed by atoms with E-state index in [0.717, 1.165) is 17.1 Å². The molecule has 0 radical (unpaired) electrons. The van der Waals surface area contributed by atoms with Crippen LogP contribution in [0.25, 0.3) is 0 Å². The van der Waals surface area contributed by atoms with Crippen molar-refractivity contribution in [2.75, 3.05) is 34.8 Å². The van der Waals surface area contributed by atoms with Gasteiger partial charge in [-0.1, -0.05) is 37.3 Å².